The summed E-state index contributed by atoms with van der Waals surface area (Å²) in [7, 11) is 0. The van der Waals surface area contributed by atoms with Gasteiger partial charge in [0, 0.05) is 0 Å². The van der Waals surface area contributed by atoms with Crippen molar-refractivity contribution in [3.8, 4) is 0 Å². The first-order valence-corrected chi connectivity index (χ1v) is 4.44. The second kappa shape index (κ2) is 3.33. The second-order valence-electron chi connectivity index (χ2n) is 2.52. The number of benzene rings is 1. The quantitative estimate of drug-likeness (QED) is 0.741. The average Bonchev–Trinajstić information content (AvgIpc) is 2.60. The standard InChI is InChI=1S/C8H6F2N2S/c9-8(13-10)12-5-11-6-3-1-2-4-7(6)12/h1-5,8H. The average molecular weight is 200 g/mol. The molecule has 1 heterocycles. The Labute approximate surface area is 77.9 Å². The van der Waals surface area contributed by atoms with Gasteiger partial charge < -0.3 is 0 Å². The van der Waals surface area contributed by atoms with Crippen LogP contribution in [0.1, 0.15) is 5.63 Å². The molecule has 0 saturated carbocycles. The minimum atomic E-state index is -1.72. The lowest BCUT2D eigenvalue weighted by atomic mass is 10.3. The number of hydrogen-bond acceptors (Lipinski definition) is 2. The molecule has 1 unspecified atom stereocenters. The Morgan fingerprint density at radius 2 is 2.15 bits per heavy atom. The van der Waals surface area contributed by atoms with Crippen LogP contribution in [0.4, 0.5) is 8.28 Å². The van der Waals surface area contributed by atoms with Crippen molar-refractivity contribution >= 4 is 23.2 Å². The third-order valence-corrected chi connectivity index (χ3v) is 2.15. The molecule has 1 aromatic heterocycles. The van der Waals surface area contributed by atoms with Gasteiger partial charge in [0.05, 0.1) is 17.4 Å². The summed E-state index contributed by atoms with van der Waals surface area (Å²) in [6.45, 7) is 0. The van der Waals surface area contributed by atoms with E-state index < -0.39 is 5.63 Å². The van der Waals surface area contributed by atoms with Crippen LogP contribution in [0.2, 0.25) is 0 Å². The molecule has 2 aromatic rings. The normalized spacial score (nSPS) is 13.4. The molecule has 0 radical (unpaired) electrons. The number of imidazole rings is 1. The van der Waals surface area contributed by atoms with E-state index in [0.29, 0.717) is 11.0 Å². The minimum absolute atomic E-state index is 0.346. The monoisotopic (exact) mass is 200 g/mol. The van der Waals surface area contributed by atoms with E-state index in [-0.39, 0.29) is 12.1 Å². The largest absolute Gasteiger partial charge is 0.289 e. The third kappa shape index (κ3) is 1.39. The molecule has 0 aliphatic heterocycles. The molecule has 1 aromatic carbocycles. The highest BCUT2D eigenvalue weighted by Gasteiger charge is 2.12. The number of nitrogens with zero attached hydrogens (tertiary/aromatic N) is 2. The third-order valence-electron chi connectivity index (χ3n) is 1.77. The second-order valence-corrected chi connectivity index (χ2v) is 3.09. The number of fused-ring (bicyclic) bond motifs is 1. The molecule has 0 bridgehead atoms. The van der Waals surface area contributed by atoms with Crippen LogP contribution in [-0.4, -0.2) is 9.55 Å². The predicted molar refractivity (Wildman–Crippen MR) is 48.6 cm³/mol. The maximum absolute atomic E-state index is 12.9. The molecule has 13 heavy (non-hydrogen) atoms. The lowest BCUT2D eigenvalue weighted by Gasteiger charge is -2.03. The van der Waals surface area contributed by atoms with Crippen molar-refractivity contribution in [2.24, 2.45) is 0 Å². The molecular weight excluding hydrogens is 194 g/mol. The summed E-state index contributed by atoms with van der Waals surface area (Å²) in [6.07, 6.45) is 1.29. The van der Waals surface area contributed by atoms with Crippen molar-refractivity contribution in [2.45, 2.75) is 5.63 Å². The number of rotatable bonds is 2. The van der Waals surface area contributed by atoms with E-state index >= 15 is 0 Å². The zero-order valence-electron chi connectivity index (χ0n) is 6.52. The van der Waals surface area contributed by atoms with E-state index in [1.165, 1.54) is 6.33 Å². The Bertz CT molecular complexity index is 415. The van der Waals surface area contributed by atoms with E-state index in [9.17, 15) is 8.28 Å². The molecule has 0 fully saturated rings. The zero-order chi connectivity index (χ0) is 9.26. The van der Waals surface area contributed by atoms with E-state index in [1.54, 1.807) is 24.3 Å². The molecule has 68 valence electrons. The smallest absolute Gasteiger partial charge is 0.254 e. The fourth-order valence-corrected chi connectivity index (χ4v) is 1.44. The van der Waals surface area contributed by atoms with Gasteiger partial charge in [-0.2, -0.15) is 3.89 Å². The molecule has 0 amide bonds. The molecule has 0 N–H and O–H groups in total. The van der Waals surface area contributed by atoms with Crippen LogP contribution in [0, 0.1) is 0 Å². The molecule has 0 spiro atoms. The van der Waals surface area contributed by atoms with E-state index in [4.69, 9.17) is 0 Å². The number of para-hydroxylation sites is 2. The number of halogens is 2. The first-order valence-electron chi connectivity index (χ1n) is 3.66. The van der Waals surface area contributed by atoms with Gasteiger partial charge in [-0.15, -0.1) is 0 Å². The summed E-state index contributed by atoms with van der Waals surface area (Å²) in [6, 6.07) is 7.01. The van der Waals surface area contributed by atoms with Gasteiger partial charge in [0.2, 0.25) is 0 Å². The highest BCUT2D eigenvalue weighted by Crippen LogP contribution is 2.28. The van der Waals surface area contributed by atoms with Crippen LogP contribution < -0.4 is 0 Å². The lowest BCUT2D eigenvalue weighted by Crippen LogP contribution is -1.95. The zero-order valence-corrected chi connectivity index (χ0v) is 7.34. The molecule has 5 heteroatoms. The SMILES string of the molecule is FSC(F)n1cnc2ccccc21. The topological polar surface area (TPSA) is 17.8 Å². The molecule has 2 rings (SSSR count). The highest BCUT2D eigenvalue weighted by atomic mass is 32.2. The minimum Gasteiger partial charge on any atom is -0.289 e. The van der Waals surface area contributed by atoms with E-state index in [2.05, 4.69) is 4.98 Å². The number of alkyl halides is 1. The Hall–Kier alpha value is -1.10. The van der Waals surface area contributed by atoms with Crippen molar-refractivity contribution in [2.75, 3.05) is 0 Å². The molecule has 0 saturated heterocycles. The van der Waals surface area contributed by atoms with Gasteiger partial charge in [-0.3, -0.25) is 4.57 Å². The maximum atomic E-state index is 12.9. The summed E-state index contributed by atoms with van der Waals surface area (Å²) in [4.78, 5) is 3.93. The van der Waals surface area contributed by atoms with Gasteiger partial charge in [0.25, 0.3) is 5.63 Å². The predicted octanol–water partition coefficient (Wildman–Crippen LogP) is 3.08. The van der Waals surface area contributed by atoms with Crippen LogP contribution in [-0.2, 0) is 0 Å². The molecule has 0 aliphatic rings. The molecule has 0 aliphatic carbocycles. The van der Waals surface area contributed by atoms with Gasteiger partial charge >= 0.3 is 0 Å². The Kier molecular flexibility index (Phi) is 2.18. The fourth-order valence-electron chi connectivity index (χ4n) is 1.18. The molecule has 1 atom stereocenters. The number of aromatic nitrogens is 2. The van der Waals surface area contributed by atoms with Crippen LogP contribution in [0.5, 0.6) is 0 Å². The lowest BCUT2D eigenvalue weighted by molar-refractivity contribution is 0.362. The van der Waals surface area contributed by atoms with Crippen molar-refractivity contribution in [1.82, 2.24) is 9.55 Å². The highest BCUT2D eigenvalue weighted by molar-refractivity contribution is 7.94. The van der Waals surface area contributed by atoms with Gasteiger partial charge in [-0.05, 0) is 12.1 Å². The molecule has 2 nitrogen and oxygen atoms in total. The van der Waals surface area contributed by atoms with Crippen molar-refractivity contribution in [3.05, 3.63) is 30.6 Å². The van der Waals surface area contributed by atoms with Crippen LogP contribution in [0.15, 0.2) is 30.6 Å². The van der Waals surface area contributed by atoms with Crippen LogP contribution in [0.25, 0.3) is 11.0 Å². The van der Waals surface area contributed by atoms with Crippen LogP contribution >= 0.6 is 12.1 Å². The van der Waals surface area contributed by atoms with Gasteiger partial charge in [-0.1, -0.05) is 12.1 Å². The Balaban J connectivity index is 2.57. The fraction of sp³-hybridized carbons (Fsp3) is 0.125. The van der Waals surface area contributed by atoms with Gasteiger partial charge in [-0.25, -0.2) is 9.37 Å². The number of hydrogen-bond donors (Lipinski definition) is 0. The summed E-state index contributed by atoms with van der Waals surface area (Å²) in [5, 5.41) is 0. The first-order chi connectivity index (χ1) is 6.33. The van der Waals surface area contributed by atoms with Crippen LogP contribution in [0.3, 0.4) is 0 Å². The summed E-state index contributed by atoms with van der Waals surface area (Å²) < 4.78 is 26.1. The van der Waals surface area contributed by atoms with Crippen molar-refractivity contribution < 1.29 is 8.28 Å². The van der Waals surface area contributed by atoms with E-state index in [0.717, 1.165) is 4.57 Å². The summed E-state index contributed by atoms with van der Waals surface area (Å²) >= 11 is -0.346. The summed E-state index contributed by atoms with van der Waals surface area (Å²) in [5.74, 6) is 0. The Morgan fingerprint density at radius 1 is 1.38 bits per heavy atom. The Morgan fingerprint density at radius 3 is 2.92 bits per heavy atom. The molecular formula is C8H6F2N2S. The summed E-state index contributed by atoms with van der Waals surface area (Å²) in [5.41, 5.74) is -0.452. The van der Waals surface area contributed by atoms with Gasteiger partial charge in [0.1, 0.15) is 12.1 Å². The first kappa shape index (κ1) is 8.50. The van der Waals surface area contributed by atoms with E-state index in [1.807, 2.05) is 0 Å². The van der Waals surface area contributed by atoms with Gasteiger partial charge in [0.15, 0.2) is 0 Å². The van der Waals surface area contributed by atoms with Crippen molar-refractivity contribution in [1.29, 1.82) is 0 Å². The van der Waals surface area contributed by atoms with Crippen molar-refractivity contribution in [3.63, 3.8) is 0 Å². The maximum Gasteiger partial charge on any atom is 0.254 e.